The number of nitrogens with one attached hydrogen (secondary N) is 1. The van der Waals surface area contributed by atoms with Crippen LogP contribution in [0.5, 0.6) is 0 Å². The fourth-order valence-electron chi connectivity index (χ4n) is 3.13. The van der Waals surface area contributed by atoms with E-state index in [1.165, 1.54) is 0 Å². The van der Waals surface area contributed by atoms with E-state index in [0.29, 0.717) is 24.4 Å². The molecule has 0 aromatic heterocycles. The molecule has 2 rings (SSSR count). The van der Waals surface area contributed by atoms with Crippen LogP contribution >= 0.6 is 11.8 Å². The molecule has 1 heterocycles. The van der Waals surface area contributed by atoms with E-state index in [1.54, 1.807) is 17.8 Å². The normalized spacial score (nSPS) is 16.5. The van der Waals surface area contributed by atoms with Gasteiger partial charge in [0.15, 0.2) is 0 Å². The lowest BCUT2D eigenvalue weighted by molar-refractivity contribution is -0.134. The molecule has 1 aromatic rings. The molecule has 1 fully saturated rings. The first-order valence-electron chi connectivity index (χ1n) is 8.90. The molecule has 5 nitrogen and oxygen atoms in total. The Bertz CT molecular complexity index is 586. The third kappa shape index (κ3) is 5.75. The predicted molar refractivity (Wildman–Crippen MR) is 104 cm³/mol. The number of carbonyl (C=O) groups excluding carboxylic acids is 2. The van der Waals surface area contributed by atoms with Gasteiger partial charge in [-0.3, -0.25) is 9.59 Å². The standard InChI is InChI=1S/C19H29N3O2S/c1-14-4-3-5-16(12-14)18(23)21-17(8-11-25-2)19(24)22-9-6-15(13-20)7-10-22/h3-5,12,15,17H,6-11,13,20H2,1-2H3,(H,21,23). The van der Waals surface area contributed by atoms with Crippen molar-refractivity contribution in [1.82, 2.24) is 10.2 Å². The topological polar surface area (TPSA) is 75.4 Å². The fraction of sp³-hybridized carbons (Fsp3) is 0.579. The van der Waals surface area contributed by atoms with Gasteiger partial charge in [-0.25, -0.2) is 0 Å². The first kappa shape index (κ1) is 19.8. The average Bonchev–Trinajstić information content (AvgIpc) is 2.64. The van der Waals surface area contributed by atoms with Crippen molar-refractivity contribution in [2.24, 2.45) is 11.7 Å². The molecule has 138 valence electrons. The first-order valence-corrected chi connectivity index (χ1v) is 10.3. The summed E-state index contributed by atoms with van der Waals surface area (Å²) in [6.07, 6.45) is 4.55. The van der Waals surface area contributed by atoms with Crippen LogP contribution in [0.2, 0.25) is 0 Å². The average molecular weight is 364 g/mol. The molecule has 0 aliphatic carbocycles. The fourth-order valence-corrected chi connectivity index (χ4v) is 3.60. The van der Waals surface area contributed by atoms with Crippen LogP contribution in [0.3, 0.4) is 0 Å². The number of likely N-dealkylation sites (tertiary alicyclic amines) is 1. The highest BCUT2D eigenvalue weighted by Crippen LogP contribution is 2.17. The molecule has 3 N–H and O–H groups in total. The van der Waals surface area contributed by atoms with E-state index < -0.39 is 6.04 Å². The third-order valence-corrected chi connectivity index (χ3v) is 5.40. The monoisotopic (exact) mass is 363 g/mol. The third-order valence-electron chi connectivity index (χ3n) is 4.75. The largest absolute Gasteiger partial charge is 0.341 e. The molecular formula is C19H29N3O2S. The minimum atomic E-state index is -0.463. The lowest BCUT2D eigenvalue weighted by atomic mass is 9.96. The van der Waals surface area contributed by atoms with Crippen molar-refractivity contribution in [1.29, 1.82) is 0 Å². The maximum Gasteiger partial charge on any atom is 0.251 e. The minimum Gasteiger partial charge on any atom is -0.341 e. The highest BCUT2D eigenvalue weighted by atomic mass is 32.2. The molecule has 0 spiro atoms. The molecule has 2 amide bonds. The zero-order valence-corrected chi connectivity index (χ0v) is 16.0. The van der Waals surface area contributed by atoms with Gasteiger partial charge < -0.3 is 16.0 Å². The Morgan fingerprint density at radius 2 is 2.08 bits per heavy atom. The van der Waals surface area contributed by atoms with E-state index in [1.807, 2.05) is 36.3 Å². The van der Waals surface area contributed by atoms with Gasteiger partial charge in [0.1, 0.15) is 6.04 Å². The summed E-state index contributed by atoms with van der Waals surface area (Å²) in [5, 5.41) is 2.95. The number of piperidine rings is 1. The minimum absolute atomic E-state index is 0.0329. The van der Waals surface area contributed by atoms with Gasteiger partial charge in [-0.2, -0.15) is 11.8 Å². The van der Waals surface area contributed by atoms with E-state index in [9.17, 15) is 9.59 Å². The van der Waals surface area contributed by atoms with Gasteiger partial charge in [0.2, 0.25) is 5.91 Å². The second-order valence-corrected chi connectivity index (χ2v) is 7.67. The van der Waals surface area contributed by atoms with Crippen LogP contribution in [0.4, 0.5) is 0 Å². The molecule has 1 saturated heterocycles. The predicted octanol–water partition coefficient (Wildman–Crippen LogP) is 2.04. The smallest absolute Gasteiger partial charge is 0.251 e. The van der Waals surface area contributed by atoms with Gasteiger partial charge in [-0.15, -0.1) is 0 Å². The van der Waals surface area contributed by atoms with E-state index in [0.717, 1.165) is 37.2 Å². The number of hydrogen-bond acceptors (Lipinski definition) is 4. The van der Waals surface area contributed by atoms with Crippen LogP contribution in [-0.2, 0) is 4.79 Å². The number of amides is 2. The SMILES string of the molecule is CSCCC(NC(=O)c1cccc(C)c1)C(=O)N1CCC(CN)CC1. The Morgan fingerprint density at radius 1 is 1.36 bits per heavy atom. The van der Waals surface area contributed by atoms with Crippen LogP contribution < -0.4 is 11.1 Å². The molecule has 1 aliphatic heterocycles. The van der Waals surface area contributed by atoms with Crippen LogP contribution in [0.15, 0.2) is 24.3 Å². The zero-order valence-electron chi connectivity index (χ0n) is 15.2. The van der Waals surface area contributed by atoms with Crippen LogP contribution in [0, 0.1) is 12.8 Å². The molecule has 0 bridgehead atoms. The van der Waals surface area contributed by atoms with Gasteiger partial charge >= 0.3 is 0 Å². The lowest BCUT2D eigenvalue weighted by Gasteiger charge is -2.34. The van der Waals surface area contributed by atoms with Crippen molar-refractivity contribution in [3.8, 4) is 0 Å². The number of thioether (sulfide) groups is 1. The number of nitrogens with two attached hydrogens (primary N) is 1. The van der Waals surface area contributed by atoms with Crippen molar-refractivity contribution >= 4 is 23.6 Å². The summed E-state index contributed by atoms with van der Waals surface area (Å²) < 4.78 is 0. The zero-order chi connectivity index (χ0) is 18.2. The van der Waals surface area contributed by atoms with Gasteiger partial charge in [0.25, 0.3) is 5.91 Å². The Kier molecular flexibility index (Phi) is 7.78. The van der Waals surface area contributed by atoms with Crippen LogP contribution in [-0.4, -0.2) is 54.4 Å². The summed E-state index contributed by atoms with van der Waals surface area (Å²) in [5.41, 5.74) is 7.36. The van der Waals surface area contributed by atoms with E-state index in [4.69, 9.17) is 5.73 Å². The molecule has 6 heteroatoms. The molecule has 1 aliphatic rings. The molecule has 1 atom stereocenters. The van der Waals surface area contributed by atoms with Crippen molar-refractivity contribution < 1.29 is 9.59 Å². The van der Waals surface area contributed by atoms with Crippen molar-refractivity contribution in [3.05, 3.63) is 35.4 Å². The van der Waals surface area contributed by atoms with E-state index >= 15 is 0 Å². The maximum atomic E-state index is 12.9. The maximum absolute atomic E-state index is 12.9. The number of carbonyl (C=O) groups is 2. The summed E-state index contributed by atoms with van der Waals surface area (Å²) in [7, 11) is 0. The van der Waals surface area contributed by atoms with Gasteiger partial charge in [0.05, 0.1) is 0 Å². The van der Waals surface area contributed by atoms with Crippen molar-refractivity contribution in [3.63, 3.8) is 0 Å². The summed E-state index contributed by atoms with van der Waals surface area (Å²) in [6.45, 7) is 4.10. The van der Waals surface area contributed by atoms with Gasteiger partial charge in [-0.05, 0) is 62.8 Å². The van der Waals surface area contributed by atoms with Gasteiger partial charge in [0, 0.05) is 18.7 Å². The van der Waals surface area contributed by atoms with Crippen molar-refractivity contribution in [2.45, 2.75) is 32.2 Å². The number of benzene rings is 1. The molecule has 0 saturated carbocycles. The summed E-state index contributed by atoms with van der Waals surface area (Å²) >= 11 is 1.68. The quantitative estimate of drug-likeness (QED) is 0.777. The van der Waals surface area contributed by atoms with E-state index in [2.05, 4.69) is 5.32 Å². The Hall–Kier alpha value is -1.53. The number of hydrogen-bond donors (Lipinski definition) is 2. The summed E-state index contributed by atoms with van der Waals surface area (Å²) in [6, 6.07) is 6.98. The van der Waals surface area contributed by atoms with Crippen molar-refractivity contribution in [2.75, 3.05) is 31.6 Å². The van der Waals surface area contributed by atoms with Crippen LogP contribution in [0.25, 0.3) is 0 Å². The first-order chi connectivity index (χ1) is 12.0. The molecule has 1 aromatic carbocycles. The summed E-state index contributed by atoms with van der Waals surface area (Å²) in [4.78, 5) is 27.3. The lowest BCUT2D eigenvalue weighted by Crippen LogP contribution is -2.51. The highest BCUT2D eigenvalue weighted by Gasteiger charge is 2.29. The number of rotatable bonds is 7. The van der Waals surface area contributed by atoms with E-state index in [-0.39, 0.29) is 11.8 Å². The Labute approximate surface area is 154 Å². The van der Waals surface area contributed by atoms with Gasteiger partial charge in [-0.1, -0.05) is 17.7 Å². The number of aryl methyl sites for hydroxylation is 1. The Balaban J connectivity index is 2.02. The second kappa shape index (κ2) is 9.82. The molecule has 1 unspecified atom stereocenters. The number of nitrogens with zero attached hydrogens (tertiary/aromatic N) is 1. The summed E-state index contributed by atoms with van der Waals surface area (Å²) in [5.74, 6) is 1.20. The second-order valence-electron chi connectivity index (χ2n) is 6.68. The Morgan fingerprint density at radius 3 is 2.68 bits per heavy atom. The molecule has 25 heavy (non-hydrogen) atoms. The van der Waals surface area contributed by atoms with Crippen LogP contribution in [0.1, 0.15) is 35.2 Å². The highest BCUT2D eigenvalue weighted by molar-refractivity contribution is 7.98. The molecule has 0 radical (unpaired) electrons. The molecular weight excluding hydrogens is 334 g/mol.